The number of hydrogen-bond donors (Lipinski definition) is 2. The van der Waals surface area contributed by atoms with Crippen LogP contribution in [0.25, 0.3) is 5.82 Å². The Balaban J connectivity index is 1.79. The number of rotatable bonds is 5. The van der Waals surface area contributed by atoms with Crippen molar-refractivity contribution in [1.29, 1.82) is 0 Å². The molecule has 2 heterocycles. The van der Waals surface area contributed by atoms with Gasteiger partial charge in [-0.3, -0.25) is 9.59 Å². The van der Waals surface area contributed by atoms with Crippen LogP contribution in [0.15, 0.2) is 36.5 Å². The zero-order valence-electron chi connectivity index (χ0n) is 17.3. The summed E-state index contributed by atoms with van der Waals surface area (Å²) in [5.74, 6) is -2.10. The molecule has 0 atom stereocenters. The predicted molar refractivity (Wildman–Crippen MR) is 108 cm³/mol. The van der Waals surface area contributed by atoms with Gasteiger partial charge in [0.1, 0.15) is 12.4 Å². The summed E-state index contributed by atoms with van der Waals surface area (Å²) in [6, 6.07) is 6.88. The lowest BCUT2D eigenvalue weighted by atomic mass is 10.1. The summed E-state index contributed by atoms with van der Waals surface area (Å²) in [6.07, 6.45) is -3.30. The zero-order chi connectivity index (χ0) is 23.6. The van der Waals surface area contributed by atoms with Crippen LogP contribution in [0.1, 0.15) is 37.7 Å². The van der Waals surface area contributed by atoms with Crippen molar-refractivity contribution in [2.75, 3.05) is 11.9 Å². The lowest BCUT2D eigenvalue weighted by Crippen LogP contribution is -2.33. The van der Waals surface area contributed by atoms with Gasteiger partial charge in [0.2, 0.25) is 0 Å². The predicted octanol–water partition coefficient (Wildman–Crippen LogP) is 3.88. The van der Waals surface area contributed by atoms with Gasteiger partial charge in [-0.1, -0.05) is 0 Å². The van der Waals surface area contributed by atoms with Gasteiger partial charge in [-0.05, 0) is 51.1 Å². The van der Waals surface area contributed by atoms with Crippen LogP contribution in [-0.4, -0.2) is 39.3 Å². The van der Waals surface area contributed by atoms with Crippen LogP contribution >= 0.6 is 0 Å². The average molecular weight is 449 g/mol. The van der Waals surface area contributed by atoms with Gasteiger partial charge in [-0.25, -0.2) is 14.1 Å². The number of carbonyl (C=O) groups is 2. The molecule has 1 aromatic carbocycles. The minimum Gasteiger partial charge on any atom is -0.343 e. The first kappa shape index (κ1) is 22.9. The molecule has 32 heavy (non-hydrogen) atoms. The molecule has 0 aliphatic rings. The monoisotopic (exact) mass is 449 g/mol. The van der Waals surface area contributed by atoms with Gasteiger partial charge in [0, 0.05) is 28.7 Å². The number of alkyl halides is 3. The van der Waals surface area contributed by atoms with Crippen LogP contribution in [0, 0.1) is 26.6 Å². The minimum absolute atomic E-state index is 0.0259. The first-order valence-corrected chi connectivity index (χ1v) is 9.41. The second kappa shape index (κ2) is 8.77. The molecule has 7 nitrogen and oxygen atoms in total. The van der Waals surface area contributed by atoms with E-state index in [1.807, 2.05) is 19.9 Å². The van der Waals surface area contributed by atoms with E-state index in [4.69, 9.17) is 0 Å². The van der Waals surface area contributed by atoms with E-state index in [1.165, 1.54) is 19.2 Å². The number of amides is 2. The van der Waals surface area contributed by atoms with E-state index in [0.717, 1.165) is 23.5 Å². The molecule has 2 N–H and O–H groups in total. The molecule has 3 rings (SSSR count). The first-order valence-electron chi connectivity index (χ1n) is 9.41. The third-order valence-corrected chi connectivity index (χ3v) is 4.54. The van der Waals surface area contributed by atoms with Crippen LogP contribution in [0.5, 0.6) is 0 Å². The van der Waals surface area contributed by atoms with Crippen LogP contribution in [-0.2, 0) is 0 Å². The van der Waals surface area contributed by atoms with Crippen molar-refractivity contribution < 1.29 is 27.2 Å². The number of pyridine rings is 1. The maximum atomic E-state index is 14.2. The first-order chi connectivity index (χ1) is 14.9. The number of nitrogens with zero attached hydrogens (tertiary/aromatic N) is 3. The maximum Gasteiger partial charge on any atom is 0.405 e. The Hall–Kier alpha value is -3.76. The lowest BCUT2D eigenvalue weighted by Gasteiger charge is -2.13. The van der Waals surface area contributed by atoms with Crippen molar-refractivity contribution >= 4 is 17.5 Å². The second-order valence-electron chi connectivity index (χ2n) is 7.13. The molecule has 0 aliphatic heterocycles. The molecule has 168 valence electrons. The van der Waals surface area contributed by atoms with Gasteiger partial charge in [0.05, 0.1) is 11.3 Å². The third kappa shape index (κ3) is 5.29. The number of anilines is 1. The number of benzene rings is 1. The Labute approximate surface area is 180 Å². The summed E-state index contributed by atoms with van der Waals surface area (Å²) in [6.45, 7) is 3.50. The fourth-order valence-electron chi connectivity index (χ4n) is 2.92. The molecular weight excluding hydrogens is 430 g/mol. The molecule has 2 aromatic heterocycles. The molecule has 0 saturated carbocycles. The van der Waals surface area contributed by atoms with Crippen LogP contribution in [0.4, 0.5) is 23.2 Å². The third-order valence-electron chi connectivity index (χ3n) is 4.54. The van der Waals surface area contributed by atoms with Crippen molar-refractivity contribution in [3.8, 4) is 5.82 Å². The fourth-order valence-corrected chi connectivity index (χ4v) is 2.92. The van der Waals surface area contributed by atoms with Crippen molar-refractivity contribution in [2.45, 2.75) is 26.9 Å². The van der Waals surface area contributed by atoms with E-state index >= 15 is 0 Å². The van der Waals surface area contributed by atoms with E-state index in [9.17, 15) is 27.2 Å². The van der Waals surface area contributed by atoms with Gasteiger partial charge in [0.25, 0.3) is 11.8 Å². The Kier molecular flexibility index (Phi) is 6.28. The van der Waals surface area contributed by atoms with E-state index in [0.29, 0.717) is 5.82 Å². The highest BCUT2D eigenvalue weighted by atomic mass is 19.4. The van der Waals surface area contributed by atoms with Crippen molar-refractivity contribution in [2.24, 2.45) is 0 Å². The molecular formula is C21H19F4N5O2. The minimum atomic E-state index is -4.61. The number of halogens is 4. The summed E-state index contributed by atoms with van der Waals surface area (Å²) in [5, 5.41) is 8.43. The normalized spacial score (nSPS) is 11.3. The van der Waals surface area contributed by atoms with Gasteiger partial charge in [0.15, 0.2) is 5.82 Å². The number of carbonyl (C=O) groups excluding carboxylic acids is 2. The molecule has 2 amide bonds. The Bertz CT molecular complexity index is 1170. The summed E-state index contributed by atoms with van der Waals surface area (Å²) in [5.41, 5.74) is 1.45. The average Bonchev–Trinajstić information content (AvgIpc) is 3.06. The molecule has 0 fully saturated rings. The highest BCUT2D eigenvalue weighted by molar-refractivity contribution is 6.05. The van der Waals surface area contributed by atoms with Gasteiger partial charge in [-0.15, -0.1) is 0 Å². The SMILES string of the molecule is Cc1cc(C)n(-c2ccc(C(=O)Nc3cc(C(=O)NCC(F)(F)F)cc(F)c3C)cn2)n1. The number of nitrogens with one attached hydrogen (secondary N) is 2. The van der Waals surface area contributed by atoms with E-state index < -0.39 is 30.4 Å². The van der Waals surface area contributed by atoms with Gasteiger partial charge < -0.3 is 10.6 Å². The largest absolute Gasteiger partial charge is 0.405 e. The standard InChI is InChI=1S/C21H19F4N5O2/c1-11-6-12(2)30(29-11)18-5-4-14(9-26-18)20(32)28-17-8-15(7-16(22)13(17)3)19(31)27-10-21(23,24)25/h4-9H,10H2,1-3H3,(H,27,31)(H,28,32). The number of aromatic nitrogens is 3. The molecule has 0 unspecified atom stereocenters. The fraction of sp³-hybridized carbons (Fsp3) is 0.238. The molecule has 0 aliphatic carbocycles. The Morgan fingerprint density at radius 2 is 1.75 bits per heavy atom. The van der Waals surface area contributed by atoms with Crippen LogP contribution in [0.2, 0.25) is 0 Å². The molecule has 0 radical (unpaired) electrons. The molecule has 0 spiro atoms. The summed E-state index contributed by atoms with van der Waals surface area (Å²) < 4.78 is 52.8. The second-order valence-corrected chi connectivity index (χ2v) is 7.13. The van der Waals surface area contributed by atoms with E-state index in [2.05, 4.69) is 15.4 Å². The molecule has 0 bridgehead atoms. The molecule has 11 heteroatoms. The van der Waals surface area contributed by atoms with E-state index in [-0.39, 0.29) is 22.4 Å². The Morgan fingerprint density at radius 1 is 1.03 bits per heavy atom. The molecule has 3 aromatic rings. The maximum absolute atomic E-state index is 14.2. The highest BCUT2D eigenvalue weighted by Gasteiger charge is 2.28. The quantitative estimate of drug-likeness (QED) is 0.579. The zero-order valence-corrected chi connectivity index (χ0v) is 17.3. The highest BCUT2D eigenvalue weighted by Crippen LogP contribution is 2.22. The van der Waals surface area contributed by atoms with Crippen LogP contribution in [0.3, 0.4) is 0 Å². The summed E-state index contributed by atoms with van der Waals surface area (Å²) in [4.78, 5) is 28.8. The summed E-state index contributed by atoms with van der Waals surface area (Å²) in [7, 11) is 0. The molecule has 0 saturated heterocycles. The lowest BCUT2D eigenvalue weighted by molar-refractivity contribution is -0.123. The number of hydrogen-bond acceptors (Lipinski definition) is 4. The van der Waals surface area contributed by atoms with Crippen LogP contribution < -0.4 is 10.6 Å². The Morgan fingerprint density at radius 3 is 2.31 bits per heavy atom. The van der Waals surface area contributed by atoms with E-state index in [1.54, 1.807) is 16.1 Å². The number of aryl methyl sites for hydroxylation is 2. The smallest absolute Gasteiger partial charge is 0.343 e. The topological polar surface area (TPSA) is 88.9 Å². The van der Waals surface area contributed by atoms with Crippen molar-refractivity contribution in [3.05, 3.63) is 70.4 Å². The van der Waals surface area contributed by atoms with Crippen molar-refractivity contribution in [3.63, 3.8) is 0 Å². The van der Waals surface area contributed by atoms with Gasteiger partial charge >= 0.3 is 6.18 Å². The summed E-state index contributed by atoms with van der Waals surface area (Å²) >= 11 is 0. The van der Waals surface area contributed by atoms with Gasteiger partial charge in [-0.2, -0.15) is 18.3 Å². The van der Waals surface area contributed by atoms with Crippen molar-refractivity contribution in [1.82, 2.24) is 20.1 Å².